The fourth-order valence-electron chi connectivity index (χ4n) is 1.74. The van der Waals surface area contributed by atoms with Gasteiger partial charge in [0.25, 0.3) is 0 Å². The number of pyridine rings is 1. The van der Waals surface area contributed by atoms with Crippen LogP contribution in [0.5, 0.6) is 0 Å². The van der Waals surface area contributed by atoms with E-state index in [-0.39, 0.29) is 24.8 Å². The first kappa shape index (κ1) is 13.7. The number of halogens is 3. The van der Waals surface area contributed by atoms with Gasteiger partial charge in [0.1, 0.15) is 13.3 Å². The zero-order chi connectivity index (χ0) is 13.8. The van der Waals surface area contributed by atoms with Crippen molar-refractivity contribution in [1.29, 1.82) is 0 Å². The summed E-state index contributed by atoms with van der Waals surface area (Å²) in [7, 11) is 0. The van der Waals surface area contributed by atoms with Crippen molar-refractivity contribution in [1.82, 2.24) is 9.88 Å². The van der Waals surface area contributed by atoms with Gasteiger partial charge in [0, 0.05) is 25.4 Å². The van der Waals surface area contributed by atoms with E-state index in [1.807, 2.05) is 0 Å². The summed E-state index contributed by atoms with van der Waals surface area (Å²) >= 11 is 5.49. The Bertz CT molecular complexity index is 522. The van der Waals surface area contributed by atoms with Crippen LogP contribution < -0.4 is 0 Å². The number of hydrogen-bond donors (Lipinski definition) is 0. The van der Waals surface area contributed by atoms with Crippen molar-refractivity contribution in [2.75, 3.05) is 19.8 Å². The molecule has 0 aliphatic carbocycles. The van der Waals surface area contributed by atoms with E-state index < -0.39 is 18.5 Å². The summed E-state index contributed by atoms with van der Waals surface area (Å²) in [5, 5.41) is -0.209. The Labute approximate surface area is 113 Å². The zero-order valence-electron chi connectivity index (χ0n) is 9.91. The third kappa shape index (κ3) is 3.41. The summed E-state index contributed by atoms with van der Waals surface area (Å²) < 4.78 is 30.6. The molecular formula is C12H11ClF2N2O2. The van der Waals surface area contributed by atoms with Gasteiger partial charge in [0.05, 0.1) is 5.70 Å². The van der Waals surface area contributed by atoms with Gasteiger partial charge in [0.15, 0.2) is 11.0 Å². The molecule has 0 amide bonds. The number of hydrogen-bond acceptors (Lipinski definition) is 4. The molecule has 0 radical (unpaired) electrons. The fraction of sp³-hybridized carbons (Fsp3) is 0.333. The Morgan fingerprint density at radius 2 is 2.32 bits per heavy atom. The standard InChI is InChI=1S/C12H11ClF2N2O2/c13-12-10(15)3-8(5-16-12)6-17(2-1-14)9-4-11(18)19-7-9/h3-5H,1-2,6-7H2. The van der Waals surface area contributed by atoms with E-state index in [1.165, 1.54) is 18.3 Å². The van der Waals surface area contributed by atoms with Crippen LogP contribution >= 0.6 is 11.6 Å². The highest BCUT2D eigenvalue weighted by Crippen LogP contribution is 2.18. The highest BCUT2D eigenvalue weighted by atomic mass is 35.5. The largest absolute Gasteiger partial charge is 0.456 e. The molecule has 0 N–H and O–H groups in total. The maximum Gasteiger partial charge on any atom is 0.333 e. The van der Waals surface area contributed by atoms with Crippen LogP contribution in [-0.2, 0) is 16.1 Å². The molecule has 0 atom stereocenters. The Morgan fingerprint density at radius 1 is 1.53 bits per heavy atom. The van der Waals surface area contributed by atoms with Crippen LogP contribution in [0.25, 0.3) is 0 Å². The second-order valence-electron chi connectivity index (χ2n) is 3.97. The summed E-state index contributed by atoms with van der Waals surface area (Å²) in [5.74, 6) is -1.09. The molecule has 1 aliphatic rings. The van der Waals surface area contributed by atoms with Crippen LogP contribution in [-0.4, -0.2) is 35.7 Å². The maximum atomic E-state index is 13.3. The number of carbonyl (C=O) groups excluding carboxylic acids is 1. The van der Waals surface area contributed by atoms with E-state index in [2.05, 4.69) is 4.98 Å². The minimum atomic E-state index is -0.632. The molecule has 1 aromatic rings. The lowest BCUT2D eigenvalue weighted by Crippen LogP contribution is -2.26. The number of ether oxygens (including phenoxy) is 1. The topological polar surface area (TPSA) is 42.4 Å². The third-order valence-electron chi connectivity index (χ3n) is 2.63. The SMILES string of the molecule is O=C1C=C(N(CCF)Cc2cnc(Cl)c(F)c2)CO1. The molecule has 0 aromatic carbocycles. The van der Waals surface area contributed by atoms with Crippen LogP contribution in [0.2, 0.25) is 5.15 Å². The van der Waals surface area contributed by atoms with Crippen LogP contribution in [0.3, 0.4) is 0 Å². The quantitative estimate of drug-likeness (QED) is 0.615. The highest BCUT2D eigenvalue weighted by Gasteiger charge is 2.19. The lowest BCUT2D eigenvalue weighted by molar-refractivity contribution is -0.135. The molecule has 0 bridgehead atoms. The van der Waals surface area contributed by atoms with E-state index in [9.17, 15) is 13.6 Å². The molecule has 2 rings (SSSR count). The Hall–Kier alpha value is -1.69. The molecular weight excluding hydrogens is 278 g/mol. The molecule has 0 saturated heterocycles. The Morgan fingerprint density at radius 3 is 2.89 bits per heavy atom. The predicted octanol–water partition coefficient (Wildman–Crippen LogP) is 2.09. The van der Waals surface area contributed by atoms with Crippen molar-refractivity contribution in [3.05, 3.63) is 40.6 Å². The number of carbonyl (C=O) groups is 1. The molecule has 0 saturated carbocycles. The number of nitrogens with zero attached hydrogens (tertiary/aromatic N) is 2. The van der Waals surface area contributed by atoms with Crippen molar-refractivity contribution < 1.29 is 18.3 Å². The molecule has 0 fully saturated rings. The van der Waals surface area contributed by atoms with E-state index >= 15 is 0 Å². The van der Waals surface area contributed by atoms with Gasteiger partial charge < -0.3 is 9.64 Å². The van der Waals surface area contributed by atoms with Gasteiger partial charge in [-0.2, -0.15) is 0 Å². The summed E-state index contributed by atoms with van der Waals surface area (Å²) in [6.07, 6.45) is 2.71. The number of esters is 1. The average Bonchev–Trinajstić information content (AvgIpc) is 2.80. The molecule has 0 unspecified atom stereocenters. The summed E-state index contributed by atoms with van der Waals surface area (Å²) in [6.45, 7) is -0.169. The van der Waals surface area contributed by atoms with Crippen molar-refractivity contribution in [3.63, 3.8) is 0 Å². The van der Waals surface area contributed by atoms with E-state index in [1.54, 1.807) is 4.90 Å². The normalized spacial score (nSPS) is 14.3. The smallest absolute Gasteiger partial charge is 0.333 e. The number of cyclic esters (lactones) is 1. The molecule has 2 heterocycles. The van der Waals surface area contributed by atoms with Gasteiger partial charge in [-0.15, -0.1) is 0 Å². The zero-order valence-corrected chi connectivity index (χ0v) is 10.7. The van der Waals surface area contributed by atoms with Crippen molar-refractivity contribution >= 4 is 17.6 Å². The lowest BCUT2D eigenvalue weighted by Gasteiger charge is -2.23. The number of aromatic nitrogens is 1. The maximum absolute atomic E-state index is 13.3. The van der Waals surface area contributed by atoms with Gasteiger partial charge in [-0.05, 0) is 11.6 Å². The molecule has 1 aromatic heterocycles. The summed E-state index contributed by atoms with van der Waals surface area (Å²) in [5.41, 5.74) is 1.11. The minimum Gasteiger partial charge on any atom is -0.456 e. The van der Waals surface area contributed by atoms with E-state index in [0.717, 1.165) is 0 Å². The van der Waals surface area contributed by atoms with E-state index in [0.29, 0.717) is 11.3 Å². The first-order valence-electron chi connectivity index (χ1n) is 5.58. The van der Waals surface area contributed by atoms with Gasteiger partial charge in [-0.1, -0.05) is 11.6 Å². The monoisotopic (exact) mass is 288 g/mol. The second kappa shape index (κ2) is 5.97. The van der Waals surface area contributed by atoms with Gasteiger partial charge in [-0.3, -0.25) is 0 Å². The molecule has 7 heteroatoms. The minimum absolute atomic E-state index is 0.0900. The molecule has 4 nitrogen and oxygen atoms in total. The van der Waals surface area contributed by atoms with Crippen molar-refractivity contribution in [2.24, 2.45) is 0 Å². The highest BCUT2D eigenvalue weighted by molar-refractivity contribution is 6.29. The van der Waals surface area contributed by atoms with Gasteiger partial charge in [-0.25, -0.2) is 18.6 Å². The fourth-order valence-corrected chi connectivity index (χ4v) is 1.84. The first-order valence-corrected chi connectivity index (χ1v) is 5.96. The Balaban J connectivity index is 2.14. The number of rotatable bonds is 5. The molecule has 0 spiro atoms. The van der Waals surface area contributed by atoms with Crippen LogP contribution in [0.1, 0.15) is 5.56 Å². The molecule has 1 aliphatic heterocycles. The Kier molecular flexibility index (Phi) is 4.31. The molecule has 19 heavy (non-hydrogen) atoms. The van der Waals surface area contributed by atoms with Crippen LogP contribution in [0.15, 0.2) is 24.0 Å². The van der Waals surface area contributed by atoms with Crippen LogP contribution in [0.4, 0.5) is 8.78 Å². The number of alkyl halides is 1. The molecule has 102 valence electrons. The van der Waals surface area contributed by atoms with Crippen LogP contribution in [0, 0.1) is 5.82 Å². The van der Waals surface area contributed by atoms with Crippen molar-refractivity contribution in [3.8, 4) is 0 Å². The summed E-state index contributed by atoms with van der Waals surface area (Å²) in [6, 6.07) is 1.23. The first-order chi connectivity index (χ1) is 9.10. The van der Waals surface area contributed by atoms with Crippen molar-refractivity contribution in [2.45, 2.75) is 6.54 Å². The predicted molar refractivity (Wildman–Crippen MR) is 64.6 cm³/mol. The third-order valence-corrected chi connectivity index (χ3v) is 2.91. The van der Waals surface area contributed by atoms with Gasteiger partial charge in [0.2, 0.25) is 0 Å². The summed E-state index contributed by atoms with van der Waals surface area (Å²) in [4.78, 5) is 16.3. The average molecular weight is 289 g/mol. The lowest BCUT2D eigenvalue weighted by atomic mass is 10.2. The van der Waals surface area contributed by atoms with E-state index in [4.69, 9.17) is 16.3 Å². The van der Waals surface area contributed by atoms with Gasteiger partial charge >= 0.3 is 5.97 Å². The second-order valence-corrected chi connectivity index (χ2v) is 4.33.